The molecule has 142 valence electrons. The Morgan fingerprint density at radius 1 is 1.11 bits per heavy atom. The van der Waals surface area contributed by atoms with Crippen LogP contribution in [0, 0.1) is 10.1 Å². The summed E-state index contributed by atoms with van der Waals surface area (Å²) in [6.07, 6.45) is 4.19. The molecule has 0 unspecified atom stereocenters. The van der Waals surface area contributed by atoms with E-state index in [0.717, 1.165) is 31.2 Å². The molecule has 1 aliphatic rings. The number of rotatable bonds is 5. The van der Waals surface area contributed by atoms with Crippen molar-refractivity contribution in [3.63, 3.8) is 0 Å². The van der Waals surface area contributed by atoms with E-state index in [9.17, 15) is 14.9 Å². The first-order valence-corrected chi connectivity index (χ1v) is 9.49. The molecule has 27 heavy (non-hydrogen) atoms. The minimum atomic E-state index is -0.464. The van der Waals surface area contributed by atoms with Crippen molar-refractivity contribution in [2.75, 3.05) is 18.4 Å². The van der Waals surface area contributed by atoms with Crippen LogP contribution >= 0.6 is 11.6 Å². The van der Waals surface area contributed by atoms with Gasteiger partial charge in [0.15, 0.2) is 0 Å². The minimum absolute atomic E-state index is 0.109. The van der Waals surface area contributed by atoms with E-state index in [1.807, 2.05) is 18.2 Å². The molecule has 0 aromatic heterocycles. The highest BCUT2D eigenvalue weighted by molar-refractivity contribution is 6.31. The Morgan fingerprint density at radius 2 is 1.81 bits per heavy atom. The van der Waals surface area contributed by atoms with Crippen LogP contribution in [0.1, 0.15) is 41.6 Å². The maximum Gasteiger partial charge on any atom is 0.293 e. The first kappa shape index (κ1) is 19.2. The third kappa shape index (κ3) is 4.77. The molecule has 2 aromatic carbocycles. The highest BCUT2D eigenvalue weighted by Crippen LogP contribution is 2.28. The van der Waals surface area contributed by atoms with E-state index in [1.54, 1.807) is 23.1 Å². The van der Waals surface area contributed by atoms with Gasteiger partial charge in [-0.1, -0.05) is 42.6 Å². The lowest BCUT2D eigenvalue weighted by molar-refractivity contribution is -0.384. The summed E-state index contributed by atoms with van der Waals surface area (Å²) in [7, 11) is 0. The van der Waals surface area contributed by atoms with Crippen molar-refractivity contribution in [3.05, 3.63) is 68.7 Å². The summed E-state index contributed by atoms with van der Waals surface area (Å²) < 4.78 is 0. The van der Waals surface area contributed by atoms with Crippen LogP contribution < -0.4 is 5.32 Å². The van der Waals surface area contributed by atoms with Gasteiger partial charge in [-0.15, -0.1) is 0 Å². The van der Waals surface area contributed by atoms with E-state index >= 15 is 0 Å². The largest absolute Gasteiger partial charge is 0.375 e. The van der Waals surface area contributed by atoms with Gasteiger partial charge in [-0.05, 0) is 36.6 Å². The highest BCUT2D eigenvalue weighted by Gasteiger charge is 2.22. The standard InChI is InChI=1S/C20H22ClN3O3/c21-17-8-4-3-7-16(17)14-22-18-10-9-15(13-19(18)24(26)27)20(25)23-11-5-1-2-6-12-23/h3-4,7-10,13,22H,1-2,5-6,11-12,14H2. The molecule has 6 nitrogen and oxygen atoms in total. The number of halogens is 1. The number of hydrogen-bond donors (Lipinski definition) is 1. The van der Waals surface area contributed by atoms with Crippen LogP contribution in [-0.2, 0) is 6.54 Å². The van der Waals surface area contributed by atoms with Crippen LogP contribution in [0.4, 0.5) is 11.4 Å². The predicted molar refractivity (Wildman–Crippen MR) is 106 cm³/mol. The zero-order chi connectivity index (χ0) is 19.2. The molecule has 7 heteroatoms. The zero-order valence-corrected chi connectivity index (χ0v) is 15.7. The normalized spacial score (nSPS) is 14.5. The second kappa shape index (κ2) is 8.86. The fourth-order valence-electron chi connectivity index (χ4n) is 3.25. The summed E-state index contributed by atoms with van der Waals surface area (Å²) in [4.78, 5) is 25.6. The average molecular weight is 388 g/mol. The number of nitro benzene ring substituents is 1. The lowest BCUT2D eigenvalue weighted by Gasteiger charge is -2.20. The number of carbonyl (C=O) groups excluding carboxylic acids is 1. The lowest BCUT2D eigenvalue weighted by Crippen LogP contribution is -2.31. The van der Waals surface area contributed by atoms with Crippen molar-refractivity contribution in [3.8, 4) is 0 Å². The molecule has 1 N–H and O–H groups in total. The third-order valence-corrected chi connectivity index (χ3v) is 5.13. The van der Waals surface area contributed by atoms with Crippen LogP contribution in [0.5, 0.6) is 0 Å². The Balaban J connectivity index is 1.79. The number of nitro groups is 1. The van der Waals surface area contributed by atoms with Gasteiger partial charge in [0.25, 0.3) is 11.6 Å². The SMILES string of the molecule is O=C(c1ccc(NCc2ccccc2Cl)c([N+](=O)[O-])c1)N1CCCCCC1. The fraction of sp³-hybridized carbons (Fsp3) is 0.350. The van der Waals surface area contributed by atoms with E-state index in [0.29, 0.717) is 35.9 Å². The van der Waals surface area contributed by atoms with Gasteiger partial charge in [0, 0.05) is 36.3 Å². The van der Waals surface area contributed by atoms with Crippen LogP contribution in [0.15, 0.2) is 42.5 Å². The Hall–Kier alpha value is -2.60. The number of nitrogens with zero attached hydrogens (tertiary/aromatic N) is 2. The second-order valence-corrected chi connectivity index (χ2v) is 7.05. The maximum atomic E-state index is 12.7. The molecule has 0 aliphatic carbocycles. The molecule has 0 spiro atoms. The van der Waals surface area contributed by atoms with Gasteiger partial charge in [-0.3, -0.25) is 14.9 Å². The van der Waals surface area contributed by atoms with Gasteiger partial charge in [0.2, 0.25) is 0 Å². The van der Waals surface area contributed by atoms with Gasteiger partial charge in [-0.2, -0.15) is 0 Å². The van der Waals surface area contributed by atoms with Crippen LogP contribution in [-0.4, -0.2) is 28.8 Å². The average Bonchev–Trinajstić information content (AvgIpc) is 2.96. The number of benzene rings is 2. The number of amides is 1. The molecule has 0 atom stereocenters. The number of nitrogens with one attached hydrogen (secondary N) is 1. The first-order valence-electron chi connectivity index (χ1n) is 9.11. The van der Waals surface area contributed by atoms with Crippen molar-refractivity contribution >= 4 is 28.9 Å². The van der Waals surface area contributed by atoms with E-state index in [1.165, 1.54) is 6.07 Å². The molecule has 1 heterocycles. The van der Waals surface area contributed by atoms with E-state index in [2.05, 4.69) is 5.32 Å². The molecule has 3 rings (SSSR count). The van der Waals surface area contributed by atoms with Gasteiger partial charge in [0.05, 0.1) is 4.92 Å². The van der Waals surface area contributed by atoms with Crippen molar-refractivity contribution in [1.82, 2.24) is 4.90 Å². The summed E-state index contributed by atoms with van der Waals surface area (Å²) in [5, 5.41) is 15.2. The molecule has 1 amide bonds. The first-order chi connectivity index (χ1) is 13.1. The summed E-state index contributed by atoms with van der Waals surface area (Å²) in [5.41, 5.74) is 1.46. The van der Waals surface area contributed by atoms with Gasteiger partial charge in [-0.25, -0.2) is 0 Å². The smallest absolute Gasteiger partial charge is 0.293 e. The zero-order valence-electron chi connectivity index (χ0n) is 15.0. The molecular formula is C20H22ClN3O3. The van der Waals surface area contributed by atoms with Crippen molar-refractivity contribution in [2.45, 2.75) is 32.2 Å². The van der Waals surface area contributed by atoms with Crippen molar-refractivity contribution in [2.24, 2.45) is 0 Å². The molecule has 2 aromatic rings. The highest BCUT2D eigenvalue weighted by atomic mass is 35.5. The Labute approximate surface area is 163 Å². The molecule has 0 bridgehead atoms. The quantitative estimate of drug-likeness (QED) is 0.586. The van der Waals surface area contributed by atoms with Crippen molar-refractivity contribution in [1.29, 1.82) is 0 Å². The predicted octanol–water partition coefficient (Wildman–Crippen LogP) is 4.88. The monoisotopic (exact) mass is 387 g/mol. The van der Waals surface area contributed by atoms with Crippen LogP contribution in [0.2, 0.25) is 5.02 Å². The molecule has 1 saturated heterocycles. The third-order valence-electron chi connectivity index (χ3n) is 4.76. The van der Waals surface area contributed by atoms with Crippen LogP contribution in [0.3, 0.4) is 0 Å². The summed E-state index contributed by atoms with van der Waals surface area (Å²) in [6, 6.07) is 11.9. The van der Waals surface area contributed by atoms with Crippen LogP contribution in [0.25, 0.3) is 0 Å². The number of hydrogen-bond acceptors (Lipinski definition) is 4. The molecule has 1 fully saturated rings. The Bertz CT molecular complexity index is 833. The molecule has 0 saturated carbocycles. The van der Waals surface area contributed by atoms with Crippen molar-refractivity contribution < 1.29 is 9.72 Å². The fourth-order valence-corrected chi connectivity index (χ4v) is 3.46. The molecule has 0 radical (unpaired) electrons. The topological polar surface area (TPSA) is 75.5 Å². The minimum Gasteiger partial charge on any atom is -0.375 e. The van der Waals surface area contributed by atoms with E-state index in [-0.39, 0.29) is 11.6 Å². The summed E-state index contributed by atoms with van der Waals surface area (Å²) >= 11 is 6.13. The maximum absolute atomic E-state index is 12.7. The number of carbonyl (C=O) groups is 1. The second-order valence-electron chi connectivity index (χ2n) is 6.64. The van der Waals surface area contributed by atoms with Gasteiger partial charge < -0.3 is 10.2 Å². The number of likely N-dealkylation sites (tertiary alicyclic amines) is 1. The van der Waals surface area contributed by atoms with Gasteiger partial charge >= 0.3 is 0 Å². The lowest BCUT2D eigenvalue weighted by atomic mass is 10.1. The summed E-state index contributed by atoms with van der Waals surface area (Å²) in [6.45, 7) is 1.78. The molecular weight excluding hydrogens is 366 g/mol. The Kier molecular flexibility index (Phi) is 6.29. The summed E-state index contributed by atoms with van der Waals surface area (Å²) in [5.74, 6) is -0.141. The Morgan fingerprint density at radius 3 is 2.48 bits per heavy atom. The van der Waals surface area contributed by atoms with Gasteiger partial charge in [0.1, 0.15) is 5.69 Å². The van der Waals surface area contributed by atoms with E-state index < -0.39 is 4.92 Å². The van der Waals surface area contributed by atoms with E-state index in [4.69, 9.17) is 11.6 Å². The molecule has 1 aliphatic heterocycles. The number of anilines is 1.